The normalized spacial score (nSPS) is 16.7. The summed E-state index contributed by atoms with van der Waals surface area (Å²) in [5.74, 6) is 0.478. The maximum Gasteiger partial charge on any atom is 0.262 e. The molecule has 1 aromatic carbocycles. The van der Waals surface area contributed by atoms with E-state index in [-0.39, 0.29) is 17.6 Å². The van der Waals surface area contributed by atoms with Crippen molar-refractivity contribution in [2.75, 3.05) is 25.4 Å². The van der Waals surface area contributed by atoms with E-state index in [2.05, 4.69) is 25.8 Å². The van der Waals surface area contributed by atoms with Crippen molar-refractivity contribution in [3.63, 3.8) is 0 Å². The number of hydrogen-bond acceptors (Lipinski definition) is 8. The first-order valence-corrected chi connectivity index (χ1v) is 13.8. The Labute approximate surface area is 227 Å². The molecule has 0 amide bonds. The number of hydrogen-bond donors (Lipinski definition) is 2. The first-order valence-electron chi connectivity index (χ1n) is 13.9. The summed E-state index contributed by atoms with van der Waals surface area (Å²) in [6.45, 7) is 2.72. The highest BCUT2D eigenvalue weighted by atomic mass is 32.2. The van der Waals surface area contributed by atoms with Crippen LogP contribution in [0.2, 0.25) is 0 Å². The van der Waals surface area contributed by atoms with Gasteiger partial charge < -0.3 is 10.6 Å². The molecule has 200 valence electrons. The molecule has 0 atom stereocenters. The second-order valence-corrected chi connectivity index (χ2v) is 11.4. The smallest absolute Gasteiger partial charge is 0.262 e. The number of anilines is 1. The van der Waals surface area contributed by atoms with Gasteiger partial charge in [0.2, 0.25) is 5.95 Å². The topological polar surface area (TPSA) is 123 Å². The summed E-state index contributed by atoms with van der Waals surface area (Å²) in [6.07, 6.45) is 8.28. The third-order valence-corrected chi connectivity index (χ3v) is 8.50. The van der Waals surface area contributed by atoms with Crippen molar-refractivity contribution in [3.05, 3.63) is 65.7 Å². The molecule has 1 fully saturated rings. The Morgan fingerprint density at radius 3 is 2.66 bits per heavy atom. The summed E-state index contributed by atoms with van der Waals surface area (Å²) >= 11 is 0. The highest BCUT2D eigenvalue weighted by molar-refractivity contribution is 7.89. The maximum absolute atomic E-state index is 12.9. The number of benzene rings is 1. The summed E-state index contributed by atoms with van der Waals surface area (Å²) in [6, 6.07) is 7.29. The molecule has 0 unspecified atom stereocenters. The van der Waals surface area contributed by atoms with Crippen molar-refractivity contribution >= 4 is 16.0 Å². The van der Waals surface area contributed by atoms with E-state index >= 15 is 0 Å². The zero-order valence-corrected chi connectivity index (χ0v) is 22.4. The Morgan fingerprint density at radius 1 is 1.13 bits per heavy atom. The molecule has 12 heteroatoms. The molecule has 3 aromatic heterocycles. The fourth-order valence-corrected chi connectivity index (χ4v) is 6.07. The molecule has 1 aliphatic rings. The molecule has 0 saturated carbocycles. The van der Waals surface area contributed by atoms with Crippen LogP contribution in [0.1, 0.15) is 33.6 Å². The number of nitrogens with zero attached hydrogens (tertiary/aromatic N) is 7. The SMILES string of the molecule is [2H]C([2H])([2H])NCc1ccc(-n2cc(-c3nc(NC4CCN(S(=O)(=O)c5ccn(C)n5)CC4)ncc3C)cn2)c(C)c1. The number of aromatic nitrogens is 6. The second-order valence-electron chi connectivity index (χ2n) is 9.52. The minimum absolute atomic E-state index is 0.0319. The molecule has 4 heterocycles. The fraction of sp³-hybridized carbons (Fsp3) is 0.385. The number of piperidine rings is 1. The van der Waals surface area contributed by atoms with Gasteiger partial charge in [0.25, 0.3) is 10.0 Å². The lowest BCUT2D eigenvalue weighted by Gasteiger charge is -2.31. The fourth-order valence-electron chi connectivity index (χ4n) is 4.65. The van der Waals surface area contributed by atoms with Gasteiger partial charge in [0.15, 0.2) is 5.03 Å². The van der Waals surface area contributed by atoms with Crippen LogP contribution < -0.4 is 10.6 Å². The van der Waals surface area contributed by atoms with Crippen LogP contribution >= 0.6 is 0 Å². The van der Waals surface area contributed by atoms with Gasteiger partial charge in [0.1, 0.15) is 0 Å². The minimum Gasteiger partial charge on any atom is -0.351 e. The average molecular weight is 539 g/mol. The van der Waals surface area contributed by atoms with Gasteiger partial charge in [-0.3, -0.25) is 4.68 Å². The highest BCUT2D eigenvalue weighted by Crippen LogP contribution is 2.25. The largest absolute Gasteiger partial charge is 0.351 e. The molecule has 0 bridgehead atoms. The number of nitrogens with one attached hydrogen (secondary N) is 2. The van der Waals surface area contributed by atoms with Crippen molar-refractivity contribution in [2.24, 2.45) is 7.05 Å². The van der Waals surface area contributed by atoms with E-state index in [1.165, 1.54) is 15.1 Å². The Morgan fingerprint density at radius 2 is 1.95 bits per heavy atom. The van der Waals surface area contributed by atoms with E-state index in [9.17, 15) is 8.42 Å². The van der Waals surface area contributed by atoms with Gasteiger partial charge in [-0.1, -0.05) is 12.1 Å². The molecule has 4 aromatic rings. The summed E-state index contributed by atoms with van der Waals surface area (Å²) < 4.78 is 52.5. The predicted molar refractivity (Wildman–Crippen MR) is 145 cm³/mol. The van der Waals surface area contributed by atoms with Crippen molar-refractivity contribution in [1.82, 2.24) is 39.2 Å². The third-order valence-electron chi connectivity index (χ3n) is 6.71. The third kappa shape index (κ3) is 5.33. The molecule has 0 spiro atoms. The van der Waals surface area contributed by atoms with E-state index in [1.54, 1.807) is 30.3 Å². The zero-order valence-electron chi connectivity index (χ0n) is 24.6. The summed E-state index contributed by atoms with van der Waals surface area (Å²) in [7, 11) is -1.92. The van der Waals surface area contributed by atoms with E-state index in [0.717, 1.165) is 33.6 Å². The number of aryl methyl sites for hydroxylation is 3. The molecule has 0 aliphatic carbocycles. The summed E-state index contributed by atoms with van der Waals surface area (Å²) in [5, 5.41) is 14.6. The monoisotopic (exact) mass is 538 g/mol. The number of rotatable bonds is 8. The first-order chi connectivity index (χ1) is 19.4. The molecule has 1 saturated heterocycles. The Balaban J connectivity index is 1.25. The molecule has 5 rings (SSSR count). The van der Waals surface area contributed by atoms with Gasteiger partial charge in [-0.05, 0) is 62.5 Å². The molecule has 38 heavy (non-hydrogen) atoms. The van der Waals surface area contributed by atoms with Crippen molar-refractivity contribution in [1.29, 1.82) is 0 Å². The van der Waals surface area contributed by atoms with Crippen LogP contribution in [0.25, 0.3) is 16.9 Å². The van der Waals surface area contributed by atoms with Gasteiger partial charge in [-0.25, -0.2) is 23.1 Å². The van der Waals surface area contributed by atoms with E-state index in [1.807, 2.05) is 38.2 Å². The van der Waals surface area contributed by atoms with Crippen LogP contribution in [-0.2, 0) is 23.6 Å². The predicted octanol–water partition coefficient (Wildman–Crippen LogP) is 2.66. The molecule has 0 radical (unpaired) electrons. The molecule has 1 aliphatic heterocycles. The van der Waals surface area contributed by atoms with Crippen molar-refractivity contribution < 1.29 is 12.5 Å². The van der Waals surface area contributed by atoms with Crippen LogP contribution in [-0.4, -0.2) is 68.4 Å². The average Bonchev–Trinajstić information content (AvgIpc) is 3.58. The van der Waals surface area contributed by atoms with Crippen LogP contribution in [0, 0.1) is 13.8 Å². The minimum atomic E-state index is -3.61. The van der Waals surface area contributed by atoms with Crippen LogP contribution in [0.5, 0.6) is 0 Å². The standard InChI is InChI=1S/C26H33N9O2S/c1-18-13-20(15-27-3)5-6-23(18)35-17-21(16-29-35)25-19(2)14-28-26(31-25)30-22-7-11-34(12-8-22)38(36,37)24-9-10-33(4)32-24/h5-6,9-10,13-14,16-17,22,27H,7-8,11-12,15H2,1-4H3,(H,28,30,31)/i3D3. The molecule has 11 nitrogen and oxygen atoms in total. The van der Waals surface area contributed by atoms with E-state index in [4.69, 9.17) is 9.10 Å². The lowest BCUT2D eigenvalue weighted by Crippen LogP contribution is -2.42. The second kappa shape index (κ2) is 10.6. The van der Waals surface area contributed by atoms with Crippen LogP contribution in [0.4, 0.5) is 5.95 Å². The van der Waals surface area contributed by atoms with Crippen molar-refractivity contribution in [3.8, 4) is 16.9 Å². The summed E-state index contributed by atoms with van der Waals surface area (Å²) in [4.78, 5) is 9.22. The Hall–Kier alpha value is -3.61. The highest BCUT2D eigenvalue weighted by Gasteiger charge is 2.31. The Kier molecular flexibility index (Phi) is 6.26. The van der Waals surface area contributed by atoms with Gasteiger partial charge in [-0.2, -0.15) is 14.5 Å². The molecule has 2 N–H and O–H groups in total. The first kappa shape index (κ1) is 22.4. The molecular formula is C26H33N9O2S. The maximum atomic E-state index is 12.9. The van der Waals surface area contributed by atoms with E-state index < -0.39 is 17.0 Å². The summed E-state index contributed by atoms with van der Waals surface area (Å²) in [5.41, 5.74) is 5.19. The lowest BCUT2D eigenvalue weighted by molar-refractivity contribution is 0.328. The number of sulfonamides is 1. The van der Waals surface area contributed by atoms with Crippen molar-refractivity contribution in [2.45, 2.75) is 44.3 Å². The van der Waals surface area contributed by atoms with E-state index in [0.29, 0.717) is 31.9 Å². The van der Waals surface area contributed by atoms with Gasteiger partial charge in [-0.15, -0.1) is 0 Å². The molecular weight excluding hydrogens is 502 g/mol. The van der Waals surface area contributed by atoms with Gasteiger partial charge in [0, 0.05) is 61.0 Å². The van der Waals surface area contributed by atoms with Crippen LogP contribution in [0.3, 0.4) is 0 Å². The Bertz CT molecular complexity index is 1640. The zero-order chi connectivity index (χ0) is 29.4. The van der Waals surface area contributed by atoms with Gasteiger partial charge in [0.05, 0.1) is 17.6 Å². The van der Waals surface area contributed by atoms with Gasteiger partial charge >= 0.3 is 0 Å². The quantitative estimate of drug-likeness (QED) is 0.351. The van der Waals surface area contributed by atoms with Crippen LogP contribution in [0.15, 0.2) is 54.1 Å². The lowest BCUT2D eigenvalue weighted by atomic mass is 10.1.